The lowest BCUT2D eigenvalue weighted by Gasteiger charge is -2.30. The normalized spacial score (nSPS) is 18.8. The highest BCUT2D eigenvalue weighted by Gasteiger charge is 2.29. The summed E-state index contributed by atoms with van der Waals surface area (Å²) in [5.74, 6) is -0.885. The van der Waals surface area contributed by atoms with Gasteiger partial charge in [0.2, 0.25) is 0 Å². The lowest BCUT2D eigenvalue weighted by Crippen LogP contribution is -2.39. The number of thiazole rings is 1. The summed E-state index contributed by atoms with van der Waals surface area (Å²) in [7, 11) is 2.68. The summed E-state index contributed by atoms with van der Waals surface area (Å²) in [6, 6.07) is 0. The Kier molecular flexibility index (Phi) is 4.82. The second kappa shape index (κ2) is 6.41. The SMILES string of the molecule is COC(=O)c1sc(N2CCC[C@@H](C(=O)OC)C2)nc1Cl. The molecule has 0 aliphatic carbocycles. The van der Waals surface area contributed by atoms with Crippen LogP contribution in [-0.4, -0.2) is 44.2 Å². The predicted molar refractivity (Wildman–Crippen MR) is 75.4 cm³/mol. The number of esters is 2. The Morgan fingerprint density at radius 2 is 2.15 bits per heavy atom. The molecule has 0 bridgehead atoms. The van der Waals surface area contributed by atoms with Gasteiger partial charge in [-0.05, 0) is 12.8 Å². The number of carbonyl (C=O) groups excluding carboxylic acids is 2. The number of carbonyl (C=O) groups is 2. The van der Waals surface area contributed by atoms with Gasteiger partial charge in [0.1, 0.15) is 0 Å². The molecule has 1 fully saturated rings. The van der Waals surface area contributed by atoms with E-state index in [1.807, 2.05) is 4.90 Å². The van der Waals surface area contributed by atoms with Crippen molar-refractivity contribution in [3.05, 3.63) is 10.0 Å². The Morgan fingerprint density at radius 3 is 2.80 bits per heavy atom. The van der Waals surface area contributed by atoms with Crippen molar-refractivity contribution in [1.82, 2.24) is 4.98 Å². The first-order chi connectivity index (χ1) is 9.56. The van der Waals surface area contributed by atoms with Gasteiger partial charge in [-0.3, -0.25) is 4.79 Å². The van der Waals surface area contributed by atoms with E-state index >= 15 is 0 Å². The van der Waals surface area contributed by atoms with Crippen LogP contribution in [0.25, 0.3) is 0 Å². The Balaban J connectivity index is 2.15. The Bertz CT molecular complexity index is 520. The van der Waals surface area contributed by atoms with E-state index in [1.54, 1.807) is 0 Å². The van der Waals surface area contributed by atoms with E-state index in [4.69, 9.17) is 16.3 Å². The van der Waals surface area contributed by atoms with Crippen LogP contribution in [0.5, 0.6) is 0 Å². The summed E-state index contributed by atoms with van der Waals surface area (Å²) in [4.78, 5) is 29.5. The molecule has 6 nitrogen and oxygen atoms in total. The molecular formula is C12H15ClN2O4S. The molecule has 0 aromatic carbocycles. The molecule has 0 N–H and O–H groups in total. The molecule has 1 aromatic rings. The van der Waals surface area contributed by atoms with Gasteiger partial charge in [0.15, 0.2) is 15.2 Å². The molecule has 2 rings (SSSR count). The first-order valence-electron chi connectivity index (χ1n) is 6.14. The summed E-state index contributed by atoms with van der Waals surface area (Å²) in [5, 5.41) is 0.765. The van der Waals surface area contributed by atoms with E-state index in [0.29, 0.717) is 11.7 Å². The van der Waals surface area contributed by atoms with Gasteiger partial charge < -0.3 is 14.4 Å². The third-order valence-electron chi connectivity index (χ3n) is 3.17. The van der Waals surface area contributed by atoms with Gasteiger partial charge in [-0.2, -0.15) is 0 Å². The third kappa shape index (κ3) is 3.04. The van der Waals surface area contributed by atoms with Gasteiger partial charge >= 0.3 is 11.9 Å². The summed E-state index contributed by atoms with van der Waals surface area (Å²) in [6.07, 6.45) is 1.66. The van der Waals surface area contributed by atoms with E-state index in [9.17, 15) is 9.59 Å². The van der Waals surface area contributed by atoms with E-state index in [-0.39, 0.29) is 21.9 Å². The van der Waals surface area contributed by atoms with E-state index in [0.717, 1.165) is 19.4 Å². The van der Waals surface area contributed by atoms with E-state index < -0.39 is 5.97 Å². The summed E-state index contributed by atoms with van der Waals surface area (Å²) in [5.41, 5.74) is 0. The third-order valence-corrected chi connectivity index (χ3v) is 4.65. The molecule has 0 saturated carbocycles. The Morgan fingerprint density at radius 1 is 1.40 bits per heavy atom. The van der Waals surface area contributed by atoms with Gasteiger partial charge in [0, 0.05) is 13.1 Å². The molecule has 1 aliphatic rings. The topological polar surface area (TPSA) is 68.7 Å². The van der Waals surface area contributed by atoms with Crippen LogP contribution < -0.4 is 4.90 Å². The minimum atomic E-state index is -0.500. The van der Waals surface area contributed by atoms with Crippen LogP contribution >= 0.6 is 22.9 Å². The lowest BCUT2D eigenvalue weighted by atomic mass is 9.99. The van der Waals surface area contributed by atoms with Crippen molar-refractivity contribution in [1.29, 1.82) is 0 Å². The molecule has 0 unspecified atom stereocenters. The van der Waals surface area contributed by atoms with Crippen molar-refractivity contribution < 1.29 is 19.1 Å². The molecule has 0 amide bonds. The number of aromatic nitrogens is 1. The quantitative estimate of drug-likeness (QED) is 0.794. The second-order valence-electron chi connectivity index (χ2n) is 4.42. The van der Waals surface area contributed by atoms with Gasteiger partial charge in [-0.1, -0.05) is 22.9 Å². The van der Waals surface area contributed by atoms with Crippen molar-refractivity contribution in [2.45, 2.75) is 12.8 Å². The zero-order valence-electron chi connectivity index (χ0n) is 11.2. The van der Waals surface area contributed by atoms with Gasteiger partial charge in [-0.15, -0.1) is 0 Å². The number of nitrogens with zero attached hydrogens (tertiary/aromatic N) is 2. The number of rotatable bonds is 3. The fraction of sp³-hybridized carbons (Fsp3) is 0.583. The van der Waals surface area contributed by atoms with Gasteiger partial charge in [0.25, 0.3) is 0 Å². The average molecular weight is 319 g/mol. The number of anilines is 1. The molecule has 1 aromatic heterocycles. The largest absolute Gasteiger partial charge is 0.469 e. The minimum Gasteiger partial charge on any atom is -0.469 e. The first kappa shape index (κ1) is 15.1. The number of methoxy groups -OCH3 is 2. The molecule has 0 radical (unpaired) electrons. The fourth-order valence-corrected chi connectivity index (χ4v) is 3.39. The van der Waals surface area contributed by atoms with Crippen molar-refractivity contribution in [2.24, 2.45) is 5.92 Å². The standard InChI is InChI=1S/C12H15ClN2O4S/c1-18-10(16)7-4-3-5-15(6-7)12-14-9(13)8(20-12)11(17)19-2/h7H,3-6H2,1-2H3/t7-/m1/s1. The van der Waals surface area contributed by atoms with Crippen LogP contribution in [0.2, 0.25) is 5.15 Å². The number of hydrogen-bond donors (Lipinski definition) is 0. The monoisotopic (exact) mass is 318 g/mol. The van der Waals surface area contributed by atoms with Crippen molar-refractivity contribution >= 4 is 40.0 Å². The smallest absolute Gasteiger partial charge is 0.351 e. The Labute approximate surface area is 125 Å². The highest BCUT2D eigenvalue weighted by molar-refractivity contribution is 7.18. The predicted octanol–water partition coefficient (Wildman–Crippen LogP) is 1.97. The van der Waals surface area contributed by atoms with E-state index in [2.05, 4.69) is 9.72 Å². The van der Waals surface area contributed by atoms with Crippen LogP contribution in [0.15, 0.2) is 0 Å². The molecule has 2 heterocycles. The van der Waals surface area contributed by atoms with E-state index in [1.165, 1.54) is 25.6 Å². The molecule has 110 valence electrons. The highest BCUT2D eigenvalue weighted by Crippen LogP contribution is 2.32. The number of hydrogen-bond acceptors (Lipinski definition) is 7. The number of piperidine rings is 1. The van der Waals surface area contributed by atoms with Crippen molar-refractivity contribution in [2.75, 3.05) is 32.2 Å². The molecule has 8 heteroatoms. The molecule has 1 atom stereocenters. The van der Waals surface area contributed by atoms with Crippen LogP contribution in [0, 0.1) is 5.92 Å². The Hall–Kier alpha value is -1.34. The summed E-state index contributed by atoms with van der Waals surface area (Å²) >= 11 is 7.12. The number of ether oxygens (including phenoxy) is 2. The molecule has 0 spiro atoms. The molecule has 1 aliphatic heterocycles. The fourth-order valence-electron chi connectivity index (χ4n) is 2.15. The zero-order chi connectivity index (χ0) is 14.7. The maximum Gasteiger partial charge on any atom is 0.351 e. The molecular weight excluding hydrogens is 304 g/mol. The van der Waals surface area contributed by atoms with Gasteiger partial charge in [-0.25, -0.2) is 9.78 Å². The maximum absolute atomic E-state index is 11.6. The molecule has 20 heavy (non-hydrogen) atoms. The minimum absolute atomic E-state index is 0.136. The van der Waals surface area contributed by atoms with Crippen LogP contribution in [0.3, 0.4) is 0 Å². The van der Waals surface area contributed by atoms with Crippen molar-refractivity contribution in [3.63, 3.8) is 0 Å². The maximum atomic E-state index is 11.6. The highest BCUT2D eigenvalue weighted by atomic mass is 35.5. The van der Waals surface area contributed by atoms with Crippen molar-refractivity contribution in [3.8, 4) is 0 Å². The second-order valence-corrected chi connectivity index (χ2v) is 5.75. The first-order valence-corrected chi connectivity index (χ1v) is 7.33. The van der Waals surface area contributed by atoms with Crippen LogP contribution in [0.1, 0.15) is 22.5 Å². The zero-order valence-corrected chi connectivity index (χ0v) is 12.8. The van der Waals surface area contributed by atoms with Crippen LogP contribution in [-0.2, 0) is 14.3 Å². The average Bonchev–Trinajstić information content (AvgIpc) is 2.87. The molecule has 1 saturated heterocycles. The summed E-state index contributed by atoms with van der Waals surface area (Å²) < 4.78 is 9.42. The summed E-state index contributed by atoms with van der Waals surface area (Å²) in [6.45, 7) is 1.30. The lowest BCUT2D eigenvalue weighted by molar-refractivity contribution is -0.145. The van der Waals surface area contributed by atoms with Gasteiger partial charge in [0.05, 0.1) is 20.1 Å². The van der Waals surface area contributed by atoms with Crippen LogP contribution in [0.4, 0.5) is 5.13 Å². The number of halogens is 1.